The first-order valence-electron chi connectivity index (χ1n) is 24.5. The van der Waals surface area contributed by atoms with Crippen LogP contribution in [0.3, 0.4) is 0 Å². The molecule has 0 aliphatic heterocycles. The van der Waals surface area contributed by atoms with Crippen molar-refractivity contribution in [2.45, 2.75) is 258 Å². The van der Waals surface area contributed by atoms with Gasteiger partial charge in [-0.15, -0.1) is 0 Å². The summed E-state index contributed by atoms with van der Waals surface area (Å²) in [5.41, 5.74) is 0. The second kappa shape index (κ2) is 47.5. The van der Waals surface area contributed by atoms with Crippen LogP contribution in [-0.4, -0.2) is 37.9 Å². The van der Waals surface area contributed by atoms with Crippen LogP contribution in [0, 0.1) is 0 Å². The van der Waals surface area contributed by atoms with Gasteiger partial charge in [0.15, 0.2) is 6.10 Å². The van der Waals surface area contributed by atoms with Crippen LogP contribution >= 0.6 is 0 Å². The fourth-order valence-electron chi connectivity index (χ4n) is 6.95. The third kappa shape index (κ3) is 44.8. The monoisotopic (exact) mass is 787 g/mol. The van der Waals surface area contributed by atoms with Crippen LogP contribution in [0.5, 0.6) is 0 Å². The van der Waals surface area contributed by atoms with E-state index in [4.69, 9.17) is 14.2 Å². The van der Waals surface area contributed by atoms with Crippen molar-refractivity contribution in [3.05, 3.63) is 36.5 Å². The average Bonchev–Trinajstić information content (AvgIpc) is 3.20. The summed E-state index contributed by atoms with van der Waals surface area (Å²) in [6, 6.07) is 0. The molecule has 0 aromatic heterocycles. The molecule has 328 valence electrons. The molecule has 0 aliphatic carbocycles. The molecule has 5 nitrogen and oxygen atoms in total. The Kier molecular flexibility index (Phi) is 45.9. The minimum Gasteiger partial charge on any atom is -0.462 e. The number of carbonyl (C=O) groups excluding carboxylic acids is 2. The minimum atomic E-state index is -0.533. The molecule has 0 aliphatic rings. The van der Waals surface area contributed by atoms with Crippen LogP contribution in [0.25, 0.3) is 0 Å². The third-order valence-corrected chi connectivity index (χ3v) is 10.6. The number of unbranched alkanes of at least 4 members (excludes halogenated alkanes) is 28. The number of carbonyl (C=O) groups is 2. The Morgan fingerprint density at radius 3 is 1.23 bits per heavy atom. The molecule has 1 unspecified atom stereocenters. The van der Waals surface area contributed by atoms with Gasteiger partial charge in [-0.05, 0) is 77.0 Å². The van der Waals surface area contributed by atoms with Crippen molar-refractivity contribution >= 4 is 11.9 Å². The summed E-state index contributed by atoms with van der Waals surface area (Å²) < 4.78 is 17.2. The van der Waals surface area contributed by atoms with Gasteiger partial charge in [-0.3, -0.25) is 9.59 Å². The summed E-state index contributed by atoms with van der Waals surface area (Å²) in [5, 5.41) is 0. The molecule has 1 atom stereocenters. The van der Waals surface area contributed by atoms with Crippen molar-refractivity contribution in [2.24, 2.45) is 0 Å². The zero-order valence-corrected chi connectivity index (χ0v) is 37.7. The Morgan fingerprint density at radius 1 is 0.393 bits per heavy atom. The van der Waals surface area contributed by atoms with E-state index < -0.39 is 6.10 Å². The largest absolute Gasteiger partial charge is 0.462 e. The maximum Gasteiger partial charge on any atom is 0.306 e. The number of hydrogen-bond acceptors (Lipinski definition) is 5. The van der Waals surface area contributed by atoms with Crippen molar-refractivity contribution in [2.75, 3.05) is 19.8 Å². The van der Waals surface area contributed by atoms with Gasteiger partial charge < -0.3 is 14.2 Å². The lowest BCUT2D eigenvalue weighted by molar-refractivity contribution is -0.163. The van der Waals surface area contributed by atoms with Crippen LogP contribution in [0.1, 0.15) is 252 Å². The van der Waals surface area contributed by atoms with Gasteiger partial charge in [0.1, 0.15) is 6.61 Å². The molecular formula is C51H94O5. The molecular weight excluding hydrogens is 693 g/mol. The van der Waals surface area contributed by atoms with Gasteiger partial charge in [0.2, 0.25) is 0 Å². The number of esters is 2. The first-order chi connectivity index (χ1) is 27.6. The Hall–Kier alpha value is -1.88. The van der Waals surface area contributed by atoms with Crippen LogP contribution in [0.2, 0.25) is 0 Å². The first-order valence-corrected chi connectivity index (χ1v) is 24.5. The predicted molar refractivity (Wildman–Crippen MR) is 242 cm³/mol. The van der Waals surface area contributed by atoms with E-state index in [9.17, 15) is 9.59 Å². The van der Waals surface area contributed by atoms with Gasteiger partial charge in [0, 0.05) is 19.4 Å². The van der Waals surface area contributed by atoms with E-state index in [1.807, 2.05) is 0 Å². The SMILES string of the molecule is CCCCC/C=C\C/C=C\CCCCCCCCCCCC(=O)OCC(COCCCCCCCC/C=C\CCCCCCCC)OC(=O)CCCCCCC. The molecule has 0 aromatic carbocycles. The fourth-order valence-corrected chi connectivity index (χ4v) is 6.95. The normalized spacial score (nSPS) is 12.4. The molecule has 0 heterocycles. The van der Waals surface area contributed by atoms with Crippen LogP contribution in [0.4, 0.5) is 0 Å². The Morgan fingerprint density at radius 2 is 0.750 bits per heavy atom. The summed E-state index contributed by atoms with van der Waals surface area (Å²) in [6.45, 7) is 7.74. The minimum absolute atomic E-state index is 0.0831. The topological polar surface area (TPSA) is 61.8 Å². The summed E-state index contributed by atoms with van der Waals surface area (Å²) in [5.74, 6) is -0.410. The van der Waals surface area contributed by atoms with Crippen molar-refractivity contribution in [3.8, 4) is 0 Å². The molecule has 0 aromatic rings. The van der Waals surface area contributed by atoms with E-state index in [1.54, 1.807) is 0 Å². The van der Waals surface area contributed by atoms with Crippen molar-refractivity contribution in [1.29, 1.82) is 0 Å². The van der Waals surface area contributed by atoms with Crippen molar-refractivity contribution in [3.63, 3.8) is 0 Å². The van der Waals surface area contributed by atoms with Crippen LogP contribution in [0.15, 0.2) is 36.5 Å². The standard InChI is InChI=1S/C51H94O5/c1-4-7-10-13-15-17-19-21-23-25-26-27-28-30-32-34-36-39-41-44-50(52)55-48-49(56-51(53)45-42-38-12-9-6-3)47-54-46-43-40-37-35-33-31-29-24-22-20-18-16-14-11-8-5-2/h15,17,21-24,49H,4-14,16,18-20,25-48H2,1-3H3/b17-15-,23-21-,24-22-. The van der Waals surface area contributed by atoms with E-state index in [1.165, 1.54) is 167 Å². The highest BCUT2D eigenvalue weighted by molar-refractivity contribution is 5.70. The summed E-state index contributed by atoms with van der Waals surface area (Å²) >= 11 is 0. The lowest BCUT2D eigenvalue weighted by Gasteiger charge is -2.18. The molecule has 0 saturated heterocycles. The molecule has 56 heavy (non-hydrogen) atoms. The van der Waals surface area contributed by atoms with Crippen LogP contribution < -0.4 is 0 Å². The van der Waals surface area contributed by atoms with E-state index in [0.717, 1.165) is 51.4 Å². The first kappa shape index (κ1) is 54.1. The number of allylic oxidation sites excluding steroid dienone is 6. The maximum absolute atomic E-state index is 12.6. The van der Waals surface area contributed by atoms with Crippen LogP contribution in [-0.2, 0) is 23.8 Å². The summed E-state index contributed by atoms with van der Waals surface area (Å²) in [7, 11) is 0. The smallest absolute Gasteiger partial charge is 0.306 e. The molecule has 0 amide bonds. The maximum atomic E-state index is 12.6. The molecule has 0 radical (unpaired) electrons. The van der Waals surface area contributed by atoms with Gasteiger partial charge in [-0.1, -0.05) is 198 Å². The van der Waals surface area contributed by atoms with E-state index in [2.05, 4.69) is 57.2 Å². The predicted octanol–water partition coefficient (Wildman–Crippen LogP) is 16.2. The Bertz CT molecular complexity index is 893. The molecule has 0 saturated carbocycles. The lowest BCUT2D eigenvalue weighted by atomic mass is 10.1. The van der Waals surface area contributed by atoms with Gasteiger partial charge in [0.05, 0.1) is 6.61 Å². The van der Waals surface area contributed by atoms with E-state index in [-0.39, 0.29) is 25.2 Å². The molecule has 0 spiro atoms. The Balaban J connectivity index is 4.02. The van der Waals surface area contributed by atoms with Gasteiger partial charge >= 0.3 is 11.9 Å². The summed E-state index contributed by atoms with van der Waals surface area (Å²) in [6.07, 6.45) is 56.0. The van der Waals surface area contributed by atoms with Gasteiger partial charge in [0.25, 0.3) is 0 Å². The lowest BCUT2D eigenvalue weighted by Crippen LogP contribution is -2.30. The summed E-state index contributed by atoms with van der Waals surface area (Å²) in [4.78, 5) is 25.1. The van der Waals surface area contributed by atoms with Gasteiger partial charge in [-0.25, -0.2) is 0 Å². The van der Waals surface area contributed by atoms with Gasteiger partial charge in [-0.2, -0.15) is 0 Å². The second-order valence-corrected chi connectivity index (χ2v) is 16.4. The second-order valence-electron chi connectivity index (χ2n) is 16.4. The highest BCUT2D eigenvalue weighted by Crippen LogP contribution is 2.14. The molecule has 0 rings (SSSR count). The quantitative estimate of drug-likeness (QED) is 0.0349. The average molecular weight is 787 g/mol. The fraction of sp³-hybridized carbons (Fsp3) is 0.843. The zero-order chi connectivity index (χ0) is 40.7. The molecule has 5 heteroatoms. The third-order valence-electron chi connectivity index (χ3n) is 10.6. The molecule has 0 bridgehead atoms. The van der Waals surface area contributed by atoms with E-state index in [0.29, 0.717) is 19.4 Å². The highest BCUT2D eigenvalue weighted by atomic mass is 16.6. The molecule has 0 fully saturated rings. The number of ether oxygens (including phenoxy) is 3. The zero-order valence-electron chi connectivity index (χ0n) is 37.7. The van der Waals surface area contributed by atoms with Crippen molar-refractivity contribution < 1.29 is 23.8 Å². The Labute approximate surface area is 349 Å². The number of hydrogen-bond donors (Lipinski definition) is 0. The van der Waals surface area contributed by atoms with Crippen molar-refractivity contribution in [1.82, 2.24) is 0 Å². The van der Waals surface area contributed by atoms with E-state index >= 15 is 0 Å². The highest BCUT2D eigenvalue weighted by Gasteiger charge is 2.17. The number of rotatable bonds is 45. The molecule has 0 N–H and O–H groups in total.